The Balaban J connectivity index is 2.11. The fourth-order valence-corrected chi connectivity index (χ4v) is 3.27. The van der Waals surface area contributed by atoms with E-state index >= 15 is 0 Å². The number of amides is 1. The summed E-state index contributed by atoms with van der Waals surface area (Å²) >= 11 is 1.30. The third-order valence-corrected chi connectivity index (χ3v) is 4.61. The summed E-state index contributed by atoms with van der Waals surface area (Å²) in [6.45, 7) is 5.66. The fourth-order valence-electron chi connectivity index (χ4n) is 2.25. The number of esters is 1. The molecule has 1 N–H and O–H groups in total. The minimum atomic E-state index is -0.401. The monoisotopic (exact) mass is 373 g/mol. The van der Waals surface area contributed by atoms with E-state index in [1.807, 2.05) is 38.1 Å². The fraction of sp³-hybridized carbons (Fsp3) is 0.300. The Kier molecular flexibility index (Phi) is 7.09. The number of carbonyl (C=O) groups excluding carboxylic acids is 2. The zero-order chi connectivity index (χ0) is 19.1. The molecule has 0 aliphatic rings. The molecule has 2 rings (SSSR count). The van der Waals surface area contributed by atoms with Gasteiger partial charge in [0, 0.05) is 10.6 Å². The number of hydrogen-bond acceptors (Lipinski definition) is 5. The van der Waals surface area contributed by atoms with Crippen LogP contribution >= 0.6 is 11.8 Å². The Morgan fingerprint density at radius 2 is 1.65 bits per heavy atom. The van der Waals surface area contributed by atoms with Crippen molar-refractivity contribution in [1.82, 2.24) is 0 Å². The van der Waals surface area contributed by atoms with Gasteiger partial charge in [0.05, 0.1) is 18.8 Å². The number of rotatable bonds is 7. The van der Waals surface area contributed by atoms with Crippen LogP contribution in [0.4, 0.5) is 5.69 Å². The van der Waals surface area contributed by atoms with Crippen molar-refractivity contribution in [3.8, 4) is 5.75 Å². The molecule has 0 aromatic heterocycles. The molecule has 0 bridgehead atoms. The molecule has 5 nitrogen and oxygen atoms in total. The second kappa shape index (κ2) is 9.29. The highest BCUT2D eigenvalue weighted by atomic mass is 32.2. The van der Waals surface area contributed by atoms with Gasteiger partial charge >= 0.3 is 5.97 Å². The van der Waals surface area contributed by atoms with Gasteiger partial charge in [-0.15, -0.1) is 11.8 Å². The summed E-state index contributed by atoms with van der Waals surface area (Å²) in [5.74, 6) is 0.189. The first-order valence-corrected chi connectivity index (χ1v) is 9.20. The van der Waals surface area contributed by atoms with Crippen LogP contribution in [0.1, 0.15) is 31.1 Å². The molecule has 0 saturated heterocycles. The zero-order valence-corrected chi connectivity index (χ0v) is 16.1. The Bertz CT molecular complexity index is 759. The summed E-state index contributed by atoms with van der Waals surface area (Å²) in [6.07, 6.45) is 0.0937. The maximum absolute atomic E-state index is 12.6. The molecule has 2 aromatic carbocycles. The second-order valence-electron chi connectivity index (χ2n) is 5.92. The summed E-state index contributed by atoms with van der Waals surface area (Å²) in [7, 11) is 1.35. The predicted molar refractivity (Wildman–Crippen MR) is 104 cm³/mol. The Hall–Kier alpha value is -2.47. The molecule has 1 atom stereocenters. The smallest absolute Gasteiger partial charge is 0.318 e. The van der Waals surface area contributed by atoms with E-state index in [0.29, 0.717) is 11.3 Å². The summed E-state index contributed by atoms with van der Waals surface area (Å²) < 4.78 is 10.3. The third-order valence-electron chi connectivity index (χ3n) is 3.45. The Morgan fingerprint density at radius 1 is 1.00 bits per heavy atom. The number of nitrogens with one attached hydrogen (secondary N) is 1. The van der Waals surface area contributed by atoms with Crippen LogP contribution in [-0.2, 0) is 9.53 Å². The molecular formula is C20H23NO4S. The number of anilines is 1. The van der Waals surface area contributed by atoms with Crippen LogP contribution in [0.15, 0.2) is 53.4 Å². The van der Waals surface area contributed by atoms with Gasteiger partial charge in [-0.3, -0.25) is 9.59 Å². The van der Waals surface area contributed by atoms with Crippen molar-refractivity contribution in [2.45, 2.75) is 37.0 Å². The van der Waals surface area contributed by atoms with Crippen LogP contribution in [0.25, 0.3) is 0 Å². The molecule has 2 aromatic rings. The number of ether oxygens (including phenoxy) is 2. The lowest BCUT2D eigenvalue weighted by molar-refractivity contribution is -0.139. The van der Waals surface area contributed by atoms with Gasteiger partial charge in [0.15, 0.2) is 0 Å². The first-order chi connectivity index (χ1) is 12.4. The van der Waals surface area contributed by atoms with Gasteiger partial charge in [0.1, 0.15) is 11.0 Å². The molecule has 0 fully saturated rings. The highest BCUT2D eigenvalue weighted by molar-refractivity contribution is 8.00. The van der Waals surface area contributed by atoms with Crippen LogP contribution in [-0.4, -0.2) is 30.3 Å². The van der Waals surface area contributed by atoms with Crippen molar-refractivity contribution < 1.29 is 19.1 Å². The van der Waals surface area contributed by atoms with E-state index in [9.17, 15) is 9.59 Å². The van der Waals surface area contributed by atoms with Gasteiger partial charge in [-0.2, -0.15) is 0 Å². The molecule has 6 heteroatoms. The van der Waals surface area contributed by atoms with Crippen molar-refractivity contribution in [3.05, 3.63) is 54.1 Å². The van der Waals surface area contributed by atoms with E-state index in [0.717, 1.165) is 10.6 Å². The summed E-state index contributed by atoms with van der Waals surface area (Å²) in [6, 6.07) is 14.4. The van der Waals surface area contributed by atoms with E-state index in [4.69, 9.17) is 9.47 Å². The number of benzene rings is 2. The highest BCUT2D eigenvalue weighted by Crippen LogP contribution is 2.28. The Morgan fingerprint density at radius 3 is 2.27 bits per heavy atom. The summed E-state index contributed by atoms with van der Waals surface area (Å²) in [5.41, 5.74) is 1.18. The van der Waals surface area contributed by atoms with E-state index < -0.39 is 5.25 Å². The first-order valence-electron chi connectivity index (χ1n) is 8.32. The molecule has 1 unspecified atom stereocenters. The van der Waals surface area contributed by atoms with Crippen molar-refractivity contribution >= 4 is 29.3 Å². The highest BCUT2D eigenvalue weighted by Gasteiger charge is 2.19. The average Bonchev–Trinajstić information content (AvgIpc) is 2.62. The normalized spacial score (nSPS) is 11.7. The predicted octanol–water partition coefficient (Wildman–Crippen LogP) is 4.38. The topological polar surface area (TPSA) is 64.6 Å². The van der Waals surface area contributed by atoms with E-state index in [1.54, 1.807) is 31.2 Å². The van der Waals surface area contributed by atoms with Crippen LogP contribution in [0.2, 0.25) is 0 Å². The van der Waals surface area contributed by atoms with Gasteiger partial charge in [0.25, 0.3) is 5.91 Å². The lowest BCUT2D eigenvalue weighted by atomic mass is 10.2. The van der Waals surface area contributed by atoms with Crippen LogP contribution < -0.4 is 10.1 Å². The maximum Gasteiger partial charge on any atom is 0.318 e. The first kappa shape index (κ1) is 19.8. The Labute approximate surface area is 158 Å². The maximum atomic E-state index is 12.6. The van der Waals surface area contributed by atoms with Crippen molar-refractivity contribution in [2.75, 3.05) is 12.4 Å². The van der Waals surface area contributed by atoms with Gasteiger partial charge in [0.2, 0.25) is 0 Å². The second-order valence-corrected chi connectivity index (χ2v) is 7.31. The van der Waals surface area contributed by atoms with E-state index in [2.05, 4.69) is 5.32 Å². The van der Waals surface area contributed by atoms with E-state index in [1.165, 1.54) is 18.9 Å². The SMILES string of the molecule is COC(=O)C(C)Sc1ccccc1C(=O)Nc1ccc(OC(C)C)cc1. The lowest BCUT2D eigenvalue weighted by Gasteiger charge is -2.13. The average molecular weight is 373 g/mol. The summed E-state index contributed by atoms with van der Waals surface area (Å²) in [4.78, 5) is 25.0. The van der Waals surface area contributed by atoms with Crippen molar-refractivity contribution in [1.29, 1.82) is 0 Å². The zero-order valence-electron chi connectivity index (χ0n) is 15.3. The molecule has 0 radical (unpaired) electrons. The standard InChI is InChI=1S/C20H23NO4S/c1-13(2)25-16-11-9-15(10-12-16)21-19(22)17-7-5-6-8-18(17)26-14(3)20(23)24-4/h5-14H,1-4H3,(H,21,22). The molecular weight excluding hydrogens is 350 g/mol. The minimum Gasteiger partial charge on any atom is -0.491 e. The molecule has 0 aliphatic heterocycles. The van der Waals surface area contributed by atoms with Gasteiger partial charge < -0.3 is 14.8 Å². The van der Waals surface area contributed by atoms with Gasteiger partial charge in [-0.25, -0.2) is 0 Å². The lowest BCUT2D eigenvalue weighted by Crippen LogP contribution is -2.17. The summed E-state index contributed by atoms with van der Waals surface area (Å²) in [5, 5.41) is 2.47. The molecule has 1 amide bonds. The van der Waals surface area contributed by atoms with Crippen LogP contribution in [0.5, 0.6) is 5.75 Å². The van der Waals surface area contributed by atoms with Crippen molar-refractivity contribution in [2.24, 2.45) is 0 Å². The molecule has 138 valence electrons. The van der Waals surface area contributed by atoms with Gasteiger partial charge in [-0.1, -0.05) is 12.1 Å². The number of carbonyl (C=O) groups is 2. The number of methoxy groups -OCH3 is 1. The van der Waals surface area contributed by atoms with Crippen molar-refractivity contribution in [3.63, 3.8) is 0 Å². The van der Waals surface area contributed by atoms with Crippen LogP contribution in [0, 0.1) is 0 Å². The molecule has 0 heterocycles. The molecule has 0 spiro atoms. The molecule has 26 heavy (non-hydrogen) atoms. The van der Waals surface area contributed by atoms with E-state index in [-0.39, 0.29) is 18.0 Å². The number of thioether (sulfide) groups is 1. The third kappa shape index (κ3) is 5.52. The quantitative estimate of drug-likeness (QED) is 0.576. The molecule has 0 saturated carbocycles. The minimum absolute atomic E-state index is 0.0937. The largest absolute Gasteiger partial charge is 0.491 e. The molecule has 0 aliphatic carbocycles. The van der Waals surface area contributed by atoms with Crippen LogP contribution in [0.3, 0.4) is 0 Å². The number of hydrogen-bond donors (Lipinski definition) is 1. The van der Waals surface area contributed by atoms with Gasteiger partial charge in [-0.05, 0) is 57.2 Å².